The van der Waals surface area contributed by atoms with E-state index in [-0.39, 0.29) is 0 Å². The van der Waals surface area contributed by atoms with Gasteiger partial charge in [0.05, 0.1) is 12.4 Å². The molecule has 0 amide bonds. The minimum atomic E-state index is 0.321. The molecule has 2 rings (SSSR count). The first kappa shape index (κ1) is 12.5. The zero-order chi connectivity index (χ0) is 12.1. The summed E-state index contributed by atoms with van der Waals surface area (Å²) in [6, 6.07) is 12.3. The van der Waals surface area contributed by atoms with Crippen LogP contribution in [0.5, 0.6) is 5.75 Å². The van der Waals surface area contributed by atoms with Gasteiger partial charge < -0.3 is 10.5 Å². The van der Waals surface area contributed by atoms with Gasteiger partial charge in [-0.05, 0) is 29.6 Å². The topological polar surface area (TPSA) is 35.2 Å². The van der Waals surface area contributed by atoms with Gasteiger partial charge in [0.25, 0.3) is 0 Å². The molecule has 0 spiro atoms. The fourth-order valence-corrected chi connectivity index (χ4v) is 3.53. The van der Waals surface area contributed by atoms with Gasteiger partial charge in [-0.2, -0.15) is 0 Å². The first-order valence-electron chi connectivity index (χ1n) is 5.37. The van der Waals surface area contributed by atoms with E-state index in [1.54, 1.807) is 30.2 Å². The Morgan fingerprint density at radius 1 is 1.35 bits per heavy atom. The van der Waals surface area contributed by atoms with Crippen molar-refractivity contribution in [3.8, 4) is 5.75 Å². The fourth-order valence-electron chi connectivity index (χ4n) is 1.54. The average Bonchev–Trinajstić information content (AvgIpc) is 2.90. The lowest BCUT2D eigenvalue weighted by Crippen LogP contribution is -2.07. The zero-order valence-electron chi connectivity index (χ0n) is 9.63. The molecule has 2 N–H and O–H groups in total. The van der Waals surface area contributed by atoms with Crippen LogP contribution in [-0.4, -0.2) is 13.7 Å². The Bertz CT molecular complexity index is 456. The Labute approximate surface area is 110 Å². The largest absolute Gasteiger partial charge is 0.497 e. The molecule has 0 bridgehead atoms. The van der Waals surface area contributed by atoms with Crippen molar-refractivity contribution in [2.75, 3.05) is 13.7 Å². The van der Waals surface area contributed by atoms with Gasteiger partial charge in [-0.3, -0.25) is 0 Å². The second-order valence-corrected chi connectivity index (χ2v) is 5.79. The smallest absolute Gasteiger partial charge is 0.119 e. The van der Waals surface area contributed by atoms with E-state index in [0.29, 0.717) is 11.8 Å². The number of benzene rings is 1. The molecule has 0 aliphatic carbocycles. The molecular formula is C13H15NOS2. The van der Waals surface area contributed by atoms with Crippen LogP contribution in [0.3, 0.4) is 0 Å². The lowest BCUT2D eigenvalue weighted by atomic mass is 10.3. The number of rotatable bonds is 5. The monoisotopic (exact) mass is 265 g/mol. The maximum absolute atomic E-state index is 5.84. The van der Waals surface area contributed by atoms with Gasteiger partial charge in [0.2, 0.25) is 0 Å². The highest BCUT2D eigenvalue weighted by Gasteiger charge is 2.12. The van der Waals surface area contributed by atoms with Gasteiger partial charge in [-0.15, -0.1) is 23.1 Å². The van der Waals surface area contributed by atoms with E-state index in [1.807, 2.05) is 18.2 Å². The van der Waals surface area contributed by atoms with Crippen molar-refractivity contribution < 1.29 is 4.74 Å². The quantitative estimate of drug-likeness (QED) is 0.840. The Kier molecular flexibility index (Phi) is 4.48. The van der Waals surface area contributed by atoms with Crippen molar-refractivity contribution in [3.63, 3.8) is 0 Å². The number of methoxy groups -OCH3 is 1. The molecule has 90 valence electrons. The van der Waals surface area contributed by atoms with Crippen molar-refractivity contribution in [1.29, 1.82) is 0 Å². The molecule has 0 aliphatic heterocycles. The maximum atomic E-state index is 5.84. The third-order valence-electron chi connectivity index (χ3n) is 2.39. The highest BCUT2D eigenvalue weighted by Crippen LogP contribution is 2.37. The summed E-state index contributed by atoms with van der Waals surface area (Å²) in [5, 5.41) is 2.41. The lowest BCUT2D eigenvalue weighted by molar-refractivity contribution is 0.413. The van der Waals surface area contributed by atoms with Crippen LogP contribution in [0, 0.1) is 0 Å². The van der Waals surface area contributed by atoms with Gasteiger partial charge >= 0.3 is 0 Å². The summed E-state index contributed by atoms with van der Waals surface area (Å²) in [4.78, 5) is 2.51. The molecule has 1 heterocycles. The highest BCUT2D eigenvalue weighted by molar-refractivity contribution is 7.99. The number of thiophene rings is 1. The van der Waals surface area contributed by atoms with E-state index in [4.69, 9.17) is 10.5 Å². The molecular weight excluding hydrogens is 250 g/mol. The summed E-state index contributed by atoms with van der Waals surface area (Å²) < 4.78 is 5.22. The SMILES string of the molecule is COc1cccc(SC(CN)c2cccs2)c1. The molecule has 2 nitrogen and oxygen atoms in total. The number of nitrogens with two attached hydrogens (primary N) is 1. The van der Waals surface area contributed by atoms with Gasteiger partial charge in [0.15, 0.2) is 0 Å². The number of ether oxygens (including phenoxy) is 1. The van der Waals surface area contributed by atoms with Crippen LogP contribution in [0.15, 0.2) is 46.7 Å². The zero-order valence-corrected chi connectivity index (χ0v) is 11.3. The lowest BCUT2D eigenvalue weighted by Gasteiger charge is -2.13. The van der Waals surface area contributed by atoms with E-state index in [0.717, 1.165) is 5.75 Å². The van der Waals surface area contributed by atoms with Gasteiger partial charge in [-0.25, -0.2) is 0 Å². The van der Waals surface area contributed by atoms with Crippen LogP contribution in [0.2, 0.25) is 0 Å². The van der Waals surface area contributed by atoms with Crippen LogP contribution >= 0.6 is 23.1 Å². The summed E-state index contributed by atoms with van der Waals surface area (Å²) >= 11 is 3.53. The molecule has 4 heteroatoms. The molecule has 1 aromatic carbocycles. The van der Waals surface area contributed by atoms with E-state index < -0.39 is 0 Å². The van der Waals surface area contributed by atoms with Crippen LogP contribution in [0.25, 0.3) is 0 Å². The summed E-state index contributed by atoms with van der Waals surface area (Å²) in [5.41, 5.74) is 5.84. The Morgan fingerprint density at radius 3 is 2.88 bits per heavy atom. The molecule has 0 saturated carbocycles. The van der Waals surface area contributed by atoms with Gasteiger partial charge in [-0.1, -0.05) is 12.1 Å². The fraction of sp³-hybridized carbons (Fsp3) is 0.231. The first-order chi connectivity index (χ1) is 8.33. The summed E-state index contributed by atoms with van der Waals surface area (Å²) in [6.45, 7) is 0.641. The Morgan fingerprint density at radius 2 is 2.24 bits per heavy atom. The molecule has 2 aromatic rings. The standard InChI is InChI=1S/C13H15NOS2/c1-15-10-4-2-5-11(8-10)17-13(9-14)12-6-3-7-16-12/h2-8,13H,9,14H2,1H3. The molecule has 0 radical (unpaired) electrons. The average molecular weight is 265 g/mol. The molecule has 0 saturated heterocycles. The summed E-state index contributed by atoms with van der Waals surface area (Å²) in [5.74, 6) is 0.886. The normalized spacial score (nSPS) is 12.4. The van der Waals surface area contributed by atoms with Crippen molar-refractivity contribution in [3.05, 3.63) is 46.7 Å². The minimum absolute atomic E-state index is 0.321. The van der Waals surface area contributed by atoms with Crippen molar-refractivity contribution in [1.82, 2.24) is 0 Å². The molecule has 1 unspecified atom stereocenters. The number of hydrogen-bond donors (Lipinski definition) is 1. The molecule has 1 atom stereocenters. The Hall–Kier alpha value is -0.970. The maximum Gasteiger partial charge on any atom is 0.119 e. The molecule has 17 heavy (non-hydrogen) atoms. The van der Waals surface area contributed by atoms with Crippen LogP contribution < -0.4 is 10.5 Å². The van der Waals surface area contributed by atoms with Gasteiger partial charge in [0, 0.05) is 16.3 Å². The van der Waals surface area contributed by atoms with E-state index >= 15 is 0 Å². The van der Waals surface area contributed by atoms with E-state index in [9.17, 15) is 0 Å². The molecule has 0 fully saturated rings. The second-order valence-electron chi connectivity index (χ2n) is 3.54. The van der Waals surface area contributed by atoms with Crippen molar-refractivity contribution >= 4 is 23.1 Å². The van der Waals surface area contributed by atoms with Crippen molar-refractivity contribution in [2.45, 2.75) is 10.1 Å². The summed E-state index contributed by atoms with van der Waals surface area (Å²) in [7, 11) is 1.68. The van der Waals surface area contributed by atoms with E-state index in [2.05, 4.69) is 23.6 Å². The highest BCUT2D eigenvalue weighted by atomic mass is 32.2. The number of thioether (sulfide) groups is 1. The first-order valence-corrected chi connectivity index (χ1v) is 7.13. The number of hydrogen-bond acceptors (Lipinski definition) is 4. The van der Waals surface area contributed by atoms with E-state index in [1.165, 1.54) is 9.77 Å². The van der Waals surface area contributed by atoms with Crippen molar-refractivity contribution in [2.24, 2.45) is 5.73 Å². The van der Waals surface area contributed by atoms with Crippen LogP contribution in [0.4, 0.5) is 0 Å². The predicted octanol–water partition coefficient (Wildman–Crippen LogP) is 3.55. The minimum Gasteiger partial charge on any atom is -0.497 e. The second kappa shape index (κ2) is 6.10. The van der Waals surface area contributed by atoms with Gasteiger partial charge in [0.1, 0.15) is 5.75 Å². The third-order valence-corrected chi connectivity index (χ3v) is 4.79. The summed E-state index contributed by atoms with van der Waals surface area (Å²) in [6.07, 6.45) is 0. The predicted molar refractivity (Wildman–Crippen MR) is 75.0 cm³/mol. The molecule has 0 aliphatic rings. The van der Waals surface area contributed by atoms with Crippen LogP contribution in [-0.2, 0) is 0 Å². The third kappa shape index (κ3) is 3.25. The Balaban J connectivity index is 2.13. The van der Waals surface area contributed by atoms with Crippen LogP contribution in [0.1, 0.15) is 10.1 Å². The molecule has 1 aromatic heterocycles.